The summed E-state index contributed by atoms with van der Waals surface area (Å²) in [6, 6.07) is 0.438. The molecule has 1 saturated heterocycles. The van der Waals surface area contributed by atoms with Gasteiger partial charge < -0.3 is 15.2 Å². The molecule has 1 aromatic heterocycles. The summed E-state index contributed by atoms with van der Waals surface area (Å²) in [6.45, 7) is 3.57. The number of carbonyl (C=O) groups excluding carboxylic acids is 1. The number of imidazole rings is 1. The van der Waals surface area contributed by atoms with E-state index in [0.717, 1.165) is 25.2 Å². The molecule has 2 heterocycles. The van der Waals surface area contributed by atoms with Gasteiger partial charge in [-0.1, -0.05) is 0 Å². The van der Waals surface area contributed by atoms with Crippen molar-refractivity contribution in [2.75, 3.05) is 6.54 Å². The summed E-state index contributed by atoms with van der Waals surface area (Å²) in [5, 5.41) is 6.32. The number of amides is 1. The van der Waals surface area contributed by atoms with E-state index in [1.807, 2.05) is 17.8 Å². The zero-order valence-corrected chi connectivity index (χ0v) is 10.4. The third kappa shape index (κ3) is 3.06. The molecule has 5 heteroatoms. The fraction of sp³-hybridized carbons (Fsp3) is 0.667. The van der Waals surface area contributed by atoms with Gasteiger partial charge in [0, 0.05) is 31.4 Å². The maximum absolute atomic E-state index is 12.0. The first kappa shape index (κ1) is 12.1. The number of nitrogens with one attached hydrogen (secondary N) is 2. The number of aromatic nitrogens is 2. The van der Waals surface area contributed by atoms with Crippen molar-refractivity contribution >= 4 is 5.91 Å². The van der Waals surface area contributed by atoms with Crippen LogP contribution in [0, 0.1) is 5.92 Å². The fourth-order valence-electron chi connectivity index (χ4n) is 2.25. The van der Waals surface area contributed by atoms with E-state index in [1.54, 1.807) is 6.20 Å². The molecule has 0 aromatic carbocycles. The highest BCUT2D eigenvalue weighted by Crippen LogP contribution is 2.16. The van der Waals surface area contributed by atoms with E-state index in [1.165, 1.54) is 0 Å². The largest absolute Gasteiger partial charge is 0.349 e. The van der Waals surface area contributed by atoms with E-state index in [-0.39, 0.29) is 11.8 Å². The normalized spacial score (nSPS) is 24.6. The van der Waals surface area contributed by atoms with Crippen LogP contribution in [-0.4, -0.2) is 28.0 Å². The number of piperidine rings is 1. The SMILES string of the molecule is CC1CC(C(=O)NCc2nccn2C)CCN1. The van der Waals surface area contributed by atoms with Crippen molar-refractivity contribution in [2.45, 2.75) is 32.4 Å². The minimum absolute atomic E-state index is 0.145. The Bertz CT molecular complexity index is 388. The van der Waals surface area contributed by atoms with Crippen molar-refractivity contribution in [2.24, 2.45) is 13.0 Å². The van der Waals surface area contributed by atoms with Crippen LogP contribution in [0.5, 0.6) is 0 Å². The third-order valence-electron chi connectivity index (χ3n) is 3.34. The Morgan fingerprint density at radius 1 is 1.71 bits per heavy atom. The Labute approximate surface area is 102 Å². The van der Waals surface area contributed by atoms with Gasteiger partial charge >= 0.3 is 0 Å². The molecule has 2 N–H and O–H groups in total. The smallest absolute Gasteiger partial charge is 0.223 e. The van der Waals surface area contributed by atoms with Gasteiger partial charge in [-0.05, 0) is 26.3 Å². The highest BCUT2D eigenvalue weighted by Gasteiger charge is 2.24. The maximum Gasteiger partial charge on any atom is 0.223 e. The Hall–Kier alpha value is -1.36. The first-order valence-electron chi connectivity index (χ1n) is 6.14. The average Bonchev–Trinajstić information content (AvgIpc) is 2.72. The van der Waals surface area contributed by atoms with Crippen LogP contribution in [0.1, 0.15) is 25.6 Å². The van der Waals surface area contributed by atoms with E-state index >= 15 is 0 Å². The quantitative estimate of drug-likeness (QED) is 0.800. The Morgan fingerprint density at radius 2 is 2.53 bits per heavy atom. The minimum atomic E-state index is 0.145. The van der Waals surface area contributed by atoms with Gasteiger partial charge in [0.15, 0.2) is 0 Å². The van der Waals surface area contributed by atoms with Crippen LogP contribution in [0.25, 0.3) is 0 Å². The van der Waals surface area contributed by atoms with Gasteiger partial charge in [0.1, 0.15) is 5.82 Å². The van der Waals surface area contributed by atoms with Gasteiger partial charge in [0.2, 0.25) is 5.91 Å². The Kier molecular flexibility index (Phi) is 3.78. The zero-order chi connectivity index (χ0) is 12.3. The number of aryl methyl sites for hydroxylation is 1. The van der Waals surface area contributed by atoms with E-state index in [0.29, 0.717) is 12.6 Å². The molecule has 2 unspecified atom stereocenters. The van der Waals surface area contributed by atoms with Crippen molar-refractivity contribution in [1.29, 1.82) is 0 Å². The van der Waals surface area contributed by atoms with Gasteiger partial charge in [-0.15, -0.1) is 0 Å². The summed E-state index contributed by atoms with van der Waals surface area (Å²) in [6.07, 6.45) is 5.48. The van der Waals surface area contributed by atoms with Gasteiger partial charge in [-0.2, -0.15) is 0 Å². The highest BCUT2D eigenvalue weighted by molar-refractivity contribution is 5.78. The summed E-state index contributed by atoms with van der Waals surface area (Å²) < 4.78 is 1.92. The van der Waals surface area contributed by atoms with E-state index in [2.05, 4.69) is 22.5 Å². The second kappa shape index (κ2) is 5.31. The lowest BCUT2D eigenvalue weighted by atomic mass is 9.92. The Morgan fingerprint density at radius 3 is 3.18 bits per heavy atom. The molecule has 17 heavy (non-hydrogen) atoms. The summed E-state index contributed by atoms with van der Waals surface area (Å²) >= 11 is 0. The van der Waals surface area contributed by atoms with Crippen molar-refractivity contribution in [3.63, 3.8) is 0 Å². The lowest BCUT2D eigenvalue weighted by Crippen LogP contribution is -2.42. The van der Waals surface area contributed by atoms with Crippen LogP contribution < -0.4 is 10.6 Å². The first-order chi connectivity index (χ1) is 8.16. The third-order valence-corrected chi connectivity index (χ3v) is 3.34. The van der Waals surface area contributed by atoms with Crippen LogP contribution >= 0.6 is 0 Å². The molecule has 2 rings (SSSR count). The predicted molar refractivity (Wildman–Crippen MR) is 65.2 cm³/mol. The number of rotatable bonds is 3. The monoisotopic (exact) mass is 236 g/mol. The molecule has 0 bridgehead atoms. The number of hydrogen-bond acceptors (Lipinski definition) is 3. The fourth-order valence-corrected chi connectivity index (χ4v) is 2.25. The lowest BCUT2D eigenvalue weighted by molar-refractivity contribution is -0.126. The van der Waals surface area contributed by atoms with Crippen LogP contribution in [0.2, 0.25) is 0 Å². The first-order valence-corrected chi connectivity index (χ1v) is 6.14. The van der Waals surface area contributed by atoms with Crippen molar-refractivity contribution < 1.29 is 4.79 Å². The number of carbonyl (C=O) groups is 1. The topological polar surface area (TPSA) is 59.0 Å². The molecule has 94 valence electrons. The van der Waals surface area contributed by atoms with Crippen molar-refractivity contribution in [3.05, 3.63) is 18.2 Å². The molecule has 1 amide bonds. The van der Waals surface area contributed by atoms with E-state index in [4.69, 9.17) is 0 Å². The summed E-state index contributed by atoms with van der Waals surface area (Å²) in [5.74, 6) is 1.19. The highest BCUT2D eigenvalue weighted by atomic mass is 16.1. The van der Waals surface area contributed by atoms with Gasteiger partial charge in [-0.3, -0.25) is 4.79 Å². The van der Waals surface area contributed by atoms with Crippen LogP contribution in [0.3, 0.4) is 0 Å². The Balaban J connectivity index is 1.83. The second-order valence-electron chi connectivity index (χ2n) is 4.75. The molecule has 1 aliphatic rings. The van der Waals surface area contributed by atoms with E-state index in [9.17, 15) is 4.79 Å². The molecular weight excluding hydrogens is 216 g/mol. The molecule has 5 nitrogen and oxygen atoms in total. The van der Waals surface area contributed by atoms with Crippen LogP contribution in [-0.2, 0) is 18.4 Å². The van der Waals surface area contributed by atoms with E-state index < -0.39 is 0 Å². The maximum atomic E-state index is 12.0. The molecule has 0 spiro atoms. The summed E-state index contributed by atoms with van der Waals surface area (Å²) in [7, 11) is 1.93. The van der Waals surface area contributed by atoms with Gasteiger partial charge in [0.05, 0.1) is 6.54 Å². The summed E-state index contributed by atoms with van der Waals surface area (Å²) in [5.41, 5.74) is 0. The zero-order valence-electron chi connectivity index (χ0n) is 10.4. The molecular formula is C12H20N4O. The molecule has 2 atom stereocenters. The molecule has 0 aliphatic carbocycles. The summed E-state index contributed by atoms with van der Waals surface area (Å²) in [4.78, 5) is 16.2. The average molecular weight is 236 g/mol. The molecule has 0 saturated carbocycles. The standard InChI is InChI=1S/C12H20N4O/c1-9-7-10(3-4-13-9)12(17)15-8-11-14-5-6-16(11)2/h5-6,9-10,13H,3-4,7-8H2,1-2H3,(H,15,17). The predicted octanol–water partition coefficient (Wildman–Crippen LogP) is 0.424. The van der Waals surface area contributed by atoms with Crippen LogP contribution in [0.4, 0.5) is 0 Å². The van der Waals surface area contributed by atoms with Gasteiger partial charge in [0.25, 0.3) is 0 Å². The van der Waals surface area contributed by atoms with Crippen LogP contribution in [0.15, 0.2) is 12.4 Å². The minimum Gasteiger partial charge on any atom is -0.349 e. The molecule has 0 radical (unpaired) electrons. The van der Waals surface area contributed by atoms with Crippen molar-refractivity contribution in [1.82, 2.24) is 20.2 Å². The molecule has 1 aliphatic heterocycles. The molecule has 1 fully saturated rings. The molecule has 1 aromatic rings. The van der Waals surface area contributed by atoms with Crippen molar-refractivity contribution in [3.8, 4) is 0 Å². The number of nitrogens with zero attached hydrogens (tertiary/aromatic N) is 2. The lowest BCUT2D eigenvalue weighted by Gasteiger charge is -2.27. The number of hydrogen-bond donors (Lipinski definition) is 2. The van der Waals surface area contributed by atoms with Gasteiger partial charge in [-0.25, -0.2) is 4.98 Å². The second-order valence-corrected chi connectivity index (χ2v) is 4.75.